The van der Waals surface area contributed by atoms with Crippen LogP contribution in [-0.4, -0.2) is 61.8 Å². The Morgan fingerprint density at radius 1 is 1.10 bits per heavy atom. The van der Waals surface area contributed by atoms with Gasteiger partial charge in [-0.05, 0) is 37.1 Å². The van der Waals surface area contributed by atoms with Crippen molar-refractivity contribution in [3.8, 4) is 0 Å². The molecule has 8 heteroatoms. The molecule has 0 saturated carbocycles. The van der Waals surface area contributed by atoms with Crippen molar-refractivity contribution in [3.63, 3.8) is 0 Å². The number of pyridine rings is 1. The predicted octanol–water partition coefficient (Wildman–Crippen LogP) is 2.41. The van der Waals surface area contributed by atoms with E-state index in [1.54, 1.807) is 23.2 Å². The highest BCUT2D eigenvalue weighted by molar-refractivity contribution is 5.94. The Balaban J connectivity index is 1.30. The van der Waals surface area contributed by atoms with Gasteiger partial charge in [0, 0.05) is 37.8 Å². The standard InChI is InChI=1S/C21H21N7O/c1-26(21(29)15-6-7-17-12-24-25-28(17)13-15)16-8-10-27(11-9-16)20-18-4-2-3-5-19(18)22-14-23-20/h2-7,12-14,16H,8-11H2,1H3. The summed E-state index contributed by atoms with van der Waals surface area (Å²) in [6, 6.07) is 12.0. The van der Waals surface area contributed by atoms with Crippen molar-refractivity contribution in [3.05, 3.63) is 60.7 Å². The lowest BCUT2D eigenvalue weighted by atomic mass is 10.0. The zero-order chi connectivity index (χ0) is 19.8. The van der Waals surface area contributed by atoms with E-state index in [0.29, 0.717) is 5.56 Å². The number of carbonyl (C=O) groups excluding carboxylic acids is 1. The highest BCUT2D eigenvalue weighted by Crippen LogP contribution is 2.27. The number of aromatic nitrogens is 5. The fraction of sp³-hybridized carbons (Fsp3) is 0.286. The molecule has 1 aromatic carbocycles. The maximum Gasteiger partial charge on any atom is 0.255 e. The van der Waals surface area contributed by atoms with E-state index < -0.39 is 0 Å². The van der Waals surface area contributed by atoms with Crippen LogP contribution in [0.25, 0.3) is 16.4 Å². The molecule has 0 spiro atoms. The van der Waals surface area contributed by atoms with Gasteiger partial charge in [-0.1, -0.05) is 17.3 Å². The molecule has 1 fully saturated rings. The first-order valence-corrected chi connectivity index (χ1v) is 9.72. The molecule has 8 nitrogen and oxygen atoms in total. The number of amides is 1. The van der Waals surface area contributed by atoms with Crippen LogP contribution in [0, 0.1) is 0 Å². The largest absolute Gasteiger partial charge is 0.356 e. The number of hydrogen-bond donors (Lipinski definition) is 0. The molecule has 1 aliphatic rings. The second kappa shape index (κ2) is 7.12. The number of nitrogens with zero attached hydrogens (tertiary/aromatic N) is 7. The van der Waals surface area contributed by atoms with Crippen LogP contribution < -0.4 is 4.90 Å². The van der Waals surface area contributed by atoms with Crippen LogP contribution in [-0.2, 0) is 0 Å². The van der Waals surface area contributed by atoms with Crippen LogP contribution in [0.15, 0.2) is 55.1 Å². The summed E-state index contributed by atoms with van der Waals surface area (Å²) >= 11 is 0. The average Bonchev–Trinajstić information content (AvgIpc) is 3.26. The Kier molecular flexibility index (Phi) is 4.31. The van der Waals surface area contributed by atoms with E-state index in [1.807, 2.05) is 42.3 Å². The van der Waals surface area contributed by atoms with Crippen molar-refractivity contribution < 1.29 is 4.79 Å². The molecule has 1 saturated heterocycles. The van der Waals surface area contributed by atoms with E-state index >= 15 is 0 Å². The zero-order valence-electron chi connectivity index (χ0n) is 16.1. The minimum absolute atomic E-state index is 0.00772. The Labute approximate surface area is 167 Å². The summed E-state index contributed by atoms with van der Waals surface area (Å²) in [5.41, 5.74) is 2.44. The summed E-state index contributed by atoms with van der Waals surface area (Å²) in [7, 11) is 1.88. The summed E-state index contributed by atoms with van der Waals surface area (Å²) in [5, 5.41) is 8.92. The van der Waals surface area contributed by atoms with E-state index in [0.717, 1.165) is 48.2 Å². The molecule has 1 amide bonds. The molecule has 0 radical (unpaired) electrons. The number of fused-ring (bicyclic) bond motifs is 2. The van der Waals surface area contributed by atoms with Crippen molar-refractivity contribution in [2.24, 2.45) is 0 Å². The van der Waals surface area contributed by atoms with Gasteiger partial charge in [0.25, 0.3) is 5.91 Å². The topological polar surface area (TPSA) is 79.5 Å². The molecule has 146 valence electrons. The fourth-order valence-electron chi connectivity index (χ4n) is 4.02. The van der Waals surface area contributed by atoms with Gasteiger partial charge in [0.05, 0.1) is 22.8 Å². The first-order chi connectivity index (χ1) is 14.2. The summed E-state index contributed by atoms with van der Waals surface area (Å²) in [4.78, 5) is 26.0. The number of anilines is 1. The van der Waals surface area contributed by atoms with Gasteiger partial charge in [-0.15, -0.1) is 5.10 Å². The molecule has 4 heterocycles. The monoisotopic (exact) mass is 387 g/mol. The molecular formula is C21H21N7O. The van der Waals surface area contributed by atoms with Gasteiger partial charge in [-0.25, -0.2) is 14.5 Å². The first kappa shape index (κ1) is 17.5. The molecule has 5 rings (SSSR count). The van der Waals surface area contributed by atoms with E-state index in [2.05, 4.69) is 31.2 Å². The summed E-state index contributed by atoms with van der Waals surface area (Å²) in [6.45, 7) is 1.71. The predicted molar refractivity (Wildman–Crippen MR) is 110 cm³/mol. The Morgan fingerprint density at radius 2 is 1.93 bits per heavy atom. The smallest absolute Gasteiger partial charge is 0.255 e. The quantitative estimate of drug-likeness (QED) is 0.537. The molecule has 0 atom stereocenters. The molecule has 3 aromatic heterocycles. The van der Waals surface area contributed by atoms with Crippen LogP contribution in [0.1, 0.15) is 23.2 Å². The minimum Gasteiger partial charge on any atom is -0.356 e. The lowest BCUT2D eigenvalue weighted by Gasteiger charge is -2.37. The SMILES string of the molecule is CN(C(=O)c1ccc2cnnn2c1)C1CCN(c2ncnc3ccccc23)CC1. The molecule has 0 N–H and O–H groups in total. The van der Waals surface area contributed by atoms with E-state index in [-0.39, 0.29) is 11.9 Å². The van der Waals surface area contributed by atoms with E-state index in [4.69, 9.17) is 0 Å². The highest BCUT2D eigenvalue weighted by Gasteiger charge is 2.27. The fourth-order valence-corrected chi connectivity index (χ4v) is 4.02. The van der Waals surface area contributed by atoms with E-state index in [9.17, 15) is 4.79 Å². The molecule has 1 aliphatic heterocycles. The average molecular weight is 387 g/mol. The highest BCUT2D eigenvalue weighted by atomic mass is 16.2. The van der Waals surface area contributed by atoms with Crippen LogP contribution in [0.5, 0.6) is 0 Å². The maximum absolute atomic E-state index is 13.0. The molecule has 0 unspecified atom stereocenters. The molecule has 0 bridgehead atoms. The number of carbonyl (C=O) groups is 1. The van der Waals surface area contributed by atoms with Gasteiger partial charge < -0.3 is 9.80 Å². The Hall–Kier alpha value is -3.55. The Morgan fingerprint density at radius 3 is 2.79 bits per heavy atom. The van der Waals surface area contributed by atoms with Gasteiger partial charge in [-0.2, -0.15) is 0 Å². The molecule has 29 heavy (non-hydrogen) atoms. The summed E-state index contributed by atoms with van der Waals surface area (Å²) in [6.07, 6.45) is 6.83. The van der Waals surface area contributed by atoms with Gasteiger partial charge in [-0.3, -0.25) is 4.79 Å². The van der Waals surface area contributed by atoms with Crippen molar-refractivity contribution in [1.29, 1.82) is 0 Å². The number of hydrogen-bond acceptors (Lipinski definition) is 6. The van der Waals surface area contributed by atoms with Gasteiger partial charge in [0.1, 0.15) is 12.1 Å². The third-order valence-electron chi connectivity index (χ3n) is 5.70. The number of piperidine rings is 1. The van der Waals surface area contributed by atoms with Crippen LogP contribution in [0.4, 0.5) is 5.82 Å². The summed E-state index contributed by atoms with van der Waals surface area (Å²) in [5.74, 6) is 0.980. The third-order valence-corrected chi connectivity index (χ3v) is 5.70. The number of benzene rings is 1. The lowest BCUT2D eigenvalue weighted by Crippen LogP contribution is -2.46. The van der Waals surface area contributed by atoms with Crippen LogP contribution in [0.2, 0.25) is 0 Å². The molecule has 4 aromatic rings. The maximum atomic E-state index is 13.0. The van der Waals surface area contributed by atoms with Crippen molar-refractivity contribution >= 4 is 28.1 Å². The van der Waals surface area contributed by atoms with Crippen molar-refractivity contribution in [2.45, 2.75) is 18.9 Å². The summed E-state index contributed by atoms with van der Waals surface area (Å²) < 4.78 is 1.63. The molecule has 0 aliphatic carbocycles. The number of rotatable bonds is 3. The van der Waals surface area contributed by atoms with Gasteiger partial charge in [0.2, 0.25) is 0 Å². The molecular weight excluding hydrogens is 366 g/mol. The van der Waals surface area contributed by atoms with Gasteiger partial charge in [0.15, 0.2) is 0 Å². The van der Waals surface area contributed by atoms with E-state index in [1.165, 1.54) is 0 Å². The second-order valence-electron chi connectivity index (χ2n) is 7.37. The normalized spacial score (nSPS) is 15.1. The van der Waals surface area contributed by atoms with Crippen LogP contribution >= 0.6 is 0 Å². The Bertz CT molecular complexity index is 1170. The first-order valence-electron chi connectivity index (χ1n) is 9.72. The van der Waals surface area contributed by atoms with Crippen molar-refractivity contribution in [2.75, 3.05) is 25.0 Å². The number of para-hydroxylation sites is 1. The lowest BCUT2D eigenvalue weighted by molar-refractivity contribution is 0.0708. The minimum atomic E-state index is 0.00772. The van der Waals surface area contributed by atoms with Crippen LogP contribution in [0.3, 0.4) is 0 Å². The zero-order valence-corrected chi connectivity index (χ0v) is 16.1. The van der Waals surface area contributed by atoms with Gasteiger partial charge >= 0.3 is 0 Å². The second-order valence-corrected chi connectivity index (χ2v) is 7.37. The third kappa shape index (κ3) is 3.16. The van der Waals surface area contributed by atoms with Crippen molar-refractivity contribution in [1.82, 2.24) is 29.7 Å².